The van der Waals surface area contributed by atoms with E-state index in [9.17, 15) is 0 Å². The highest BCUT2D eigenvalue weighted by Crippen LogP contribution is 2.28. The molecule has 1 aliphatic rings. The summed E-state index contributed by atoms with van der Waals surface area (Å²) in [5.74, 6) is 0. The Morgan fingerprint density at radius 2 is 2.50 bits per heavy atom. The van der Waals surface area contributed by atoms with Crippen molar-refractivity contribution in [3.05, 3.63) is 29.3 Å². The van der Waals surface area contributed by atoms with Crippen LogP contribution in [0.2, 0.25) is 0 Å². The molecule has 4 heteroatoms. The van der Waals surface area contributed by atoms with Gasteiger partial charge in [0.05, 0.1) is 10.6 Å². The predicted molar refractivity (Wildman–Crippen MR) is 66.5 cm³/mol. The van der Waals surface area contributed by atoms with E-state index in [1.807, 2.05) is 11.7 Å². The average Bonchev–Trinajstić information content (AvgIpc) is 2.97. The zero-order valence-corrected chi connectivity index (χ0v) is 10.1. The summed E-state index contributed by atoms with van der Waals surface area (Å²) in [6.45, 7) is 1.13. The van der Waals surface area contributed by atoms with Crippen molar-refractivity contribution in [3.63, 3.8) is 0 Å². The molecule has 1 aliphatic heterocycles. The molecular weight excluding hydrogens is 218 g/mol. The van der Waals surface area contributed by atoms with E-state index in [0.717, 1.165) is 12.2 Å². The van der Waals surface area contributed by atoms with Crippen LogP contribution in [0.25, 0.3) is 10.6 Å². The molecular formula is C12H15N3S. The number of aromatic nitrogens is 2. The summed E-state index contributed by atoms with van der Waals surface area (Å²) < 4.78 is 2.01. The van der Waals surface area contributed by atoms with E-state index in [4.69, 9.17) is 0 Å². The summed E-state index contributed by atoms with van der Waals surface area (Å²) in [4.78, 5) is 1.25. The van der Waals surface area contributed by atoms with Crippen LogP contribution in [0.4, 0.5) is 0 Å². The monoisotopic (exact) mass is 233 g/mol. The van der Waals surface area contributed by atoms with Crippen LogP contribution in [0, 0.1) is 0 Å². The van der Waals surface area contributed by atoms with Gasteiger partial charge < -0.3 is 5.32 Å². The molecule has 3 nitrogen and oxygen atoms in total. The van der Waals surface area contributed by atoms with E-state index in [1.54, 1.807) is 11.3 Å². The third-order valence-corrected chi connectivity index (χ3v) is 4.00. The van der Waals surface area contributed by atoms with Gasteiger partial charge in [0.1, 0.15) is 5.69 Å². The van der Waals surface area contributed by atoms with Crippen LogP contribution in [0.1, 0.15) is 24.6 Å². The van der Waals surface area contributed by atoms with Crippen LogP contribution in [-0.4, -0.2) is 16.3 Å². The molecule has 0 amide bonds. The Balaban J connectivity index is 1.95. The van der Waals surface area contributed by atoms with Crippen molar-refractivity contribution in [2.24, 2.45) is 7.05 Å². The van der Waals surface area contributed by atoms with Gasteiger partial charge in [0.25, 0.3) is 0 Å². The van der Waals surface area contributed by atoms with Gasteiger partial charge in [-0.3, -0.25) is 4.68 Å². The van der Waals surface area contributed by atoms with Gasteiger partial charge in [0.15, 0.2) is 0 Å². The minimum atomic E-state index is 0.492. The molecule has 0 aliphatic carbocycles. The van der Waals surface area contributed by atoms with Crippen LogP contribution < -0.4 is 5.32 Å². The van der Waals surface area contributed by atoms with E-state index >= 15 is 0 Å². The summed E-state index contributed by atoms with van der Waals surface area (Å²) in [6.07, 6.45) is 2.49. The molecule has 0 saturated carbocycles. The van der Waals surface area contributed by atoms with Gasteiger partial charge in [-0.15, -0.1) is 11.3 Å². The maximum absolute atomic E-state index is 4.58. The van der Waals surface area contributed by atoms with Crippen molar-refractivity contribution in [3.8, 4) is 10.6 Å². The van der Waals surface area contributed by atoms with Crippen molar-refractivity contribution in [1.29, 1.82) is 0 Å². The zero-order chi connectivity index (χ0) is 11.0. The minimum Gasteiger partial charge on any atom is -0.309 e. The van der Waals surface area contributed by atoms with Crippen LogP contribution in [0.15, 0.2) is 23.6 Å². The number of aryl methyl sites for hydroxylation is 1. The molecule has 1 fully saturated rings. The molecule has 16 heavy (non-hydrogen) atoms. The van der Waals surface area contributed by atoms with Crippen molar-refractivity contribution in [1.82, 2.24) is 15.1 Å². The Morgan fingerprint density at radius 1 is 1.56 bits per heavy atom. The minimum absolute atomic E-state index is 0.492. The third kappa shape index (κ3) is 1.68. The quantitative estimate of drug-likeness (QED) is 0.864. The number of hydrogen-bond acceptors (Lipinski definition) is 3. The molecule has 1 atom stereocenters. The smallest absolute Gasteiger partial charge is 0.103 e. The standard InChI is InChI=1S/C12H15N3S/c1-15-11(9-4-2-6-13-9)8-10(14-15)12-5-3-7-16-12/h3,5,7-9,13H,2,4,6H2,1H3. The summed E-state index contributed by atoms with van der Waals surface area (Å²) >= 11 is 1.74. The highest BCUT2D eigenvalue weighted by atomic mass is 32.1. The Hall–Kier alpha value is -1.13. The first-order valence-corrected chi connectivity index (χ1v) is 6.54. The highest BCUT2D eigenvalue weighted by molar-refractivity contribution is 7.13. The van der Waals surface area contributed by atoms with Crippen LogP contribution in [0.3, 0.4) is 0 Å². The maximum atomic E-state index is 4.58. The molecule has 3 heterocycles. The molecule has 2 aromatic heterocycles. The molecule has 0 aromatic carbocycles. The van der Waals surface area contributed by atoms with Gasteiger partial charge in [0.2, 0.25) is 0 Å². The number of thiophene rings is 1. The number of nitrogens with one attached hydrogen (secondary N) is 1. The topological polar surface area (TPSA) is 29.9 Å². The first-order valence-electron chi connectivity index (χ1n) is 5.66. The second-order valence-corrected chi connectivity index (χ2v) is 5.15. The molecule has 1 unspecified atom stereocenters. The van der Waals surface area contributed by atoms with E-state index in [0.29, 0.717) is 6.04 Å². The molecule has 84 valence electrons. The Labute approximate surface area is 99.1 Å². The molecule has 1 N–H and O–H groups in total. The van der Waals surface area contributed by atoms with Gasteiger partial charge in [0, 0.05) is 13.1 Å². The molecule has 0 radical (unpaired) electrons. The summed E-state index contributed by atoms with van der Waals surface area (Å²) in [5, 5.41) is 10.2. The fraction of sp³-hybridized carbons (Fsp3) is 0.417. The molecule has 0 spiro atoms. The third-order valence-electron chi connectivity index (χ3n) is 3.11. The van der Waals surface area contributed by atoms with Crippen molar-refractivity contribution in [2.75, 3.05) is 6.54 Å². The van der Waals surface area contributed by atoms with Crippen molar-refractivity contribution >= 4 is 11.3 Å². The average molecular weight is 233 g/mol. The fourth-order valence-electron chi connectivity index (χ4n) is 2.29. The lowest BCUT2D eigenvalue weighted by Gasteiger charge is -2.09. The lowest BCUT2D eigenvalue weighted by atomic mass is 10.1. The highest BCUT2D eigenvalue weighted by Gasteiger charge is 2.20. The summed E-state index contributed by atoms with van der Waals surface area (Å²) in [7, 11) is 2.03. The summed E-state index contributed by atoms with van der Waals surface area (Å²) in [5.41, 5.74) is 2.40. The normalized spacial score (nSPS) is 20.4. The van der Waals surface area contributed by atoms with Gasteiger partial charge in [-0.05, 0) is 36.9 Å². The lowest BCUT2D eigenvalue weighted by Crippen LogP contribution is -2.16. The van der Waals surface area contributed by atoms with Crippen LogP contribution in [0.5, 0.6) is 0 Å². The van der Waals surface area contributed by atoms with Gasteiger partial charge in [-0.25, -0.2) is 0 Å². The second kappa shape index (κ2) is 4.03. The van der Waals surface area contributed by atoms with Gasteiger partial charge in [-0.1, -0.05) is 6.07 Å². The molecule has 1 saturated heterocycles. The second-order valence-electron chi connectivity index (χ2n) is 4.20. The van der Waals surface area contributed by atoms with Crippen molar-refractivity contribution in [2.45, 2.75) is 18.9 Å². The number of rotatable bonds is 2. The van der Waals surface area contributed by atoms with Crippen LogP contribution in [-0.2, 0) is 7.05 Å². The first-order chi connectivity index (χ1) is 7.84. The summed E-state index contributed by atoms with van der Waals surface area (Å²) in [6, 6.07) is 6.90. The van der Waals surface area contributed by atoms with Crippen molar-refractivity contribution < 1.29 is 0 Å². The van der Waals surface area contributed by atoms with Crippen LogP contribution >= 0.6 is 11.3 Å². The molecule has 0 bridgehead atoms. The van der Waals surface area contributed by atoms with E-state index in [1.165, 1.54) is 23.4 Å². The van der Waals surface area contributed by atoms with Gasteiger partial charge in [-0.2, -0.15) is 5.10 Å². The van der Waals surface area contributed by atoms with Gasteiger partial charge >= 0.3 is 0 Å². The first kappa shape index (κ1) is 10.1. The maximum Gasteiger partial charge on any atom is 0.103 e. The predicted octanol–water partition coefficient (Wildman–Crippen LogP) is 2.57. The number of hydrogen-bond donors (Lipinski definition) is 1. The lowest BCUT2D eigenvalue weighted by molar-refractivity contribution is 0.575. The Morgan fingerprint density at radius 3 is 3.19 bits per heavy atom. The molecule has 2 aromatic rings. The largest absolute Gasteiger partial charge is 0.309 e. The Bertz CT molecular complexity index is 466. The fourth-order valence-corrected chi connectivity index (χ4v) is 2.97. The van der Waals surface area contributed by atoms with E-state index in [2.05, 4.69) is 34.0 Å². The Kier molecular flexibility index (Phi) is 2.53. The van der Waals surface area contributed by atoms with E-state index in [-0.39, 0.29) is 0 Å². The SMILES string of the molecule is Cn1nc(-c2cccs2)cc1C1CCCN1. The zero-order valence-electron chi connectivity index (χ0n) is 9.31. The molecule has 3 rings (SSSR count). The van der Waals surface area contributed by atoms with E-state index < -0.39 is 0 Å². The number of nitrogens with zero attached hydrogens (tertiary/aromatic N) is 2.